The molecule has 1 aliphatic rings. The molecule has 2 heterocycles. The van der Waals surface area contributed by atoms with Crippen LogP contribution in [-0.4, -0.2) is 30.5 Å². The Morgan fingerprint density at radius 3 is 2.93 bits per heavy atom. The molecule has 4 rings (SSSR count). The van der Waals surface area contributed by atoms with Crippen molar-refractivity contribution in [3.8, 4) is 5.19 Å². The highest BCUT2D eigenvalue weighted by molar-refractivity contribution is 7.20. The third kappa shape index (κ3) is 3.06. The number of hydrogen-bond acceptors (Lipinski definition) is 5. The molecule has 1 unspecified atom stereocenters. The van der Waals surface area contributed by atoms with Gasteiger partial charge in [0.15, 0.2) is 0 Å². The minimum atomic E-state index is -0.439. The van der Waals surface area contributed by atoms with Crippen LogP contribution in [0.1, 0.15) is 11.5 Å². The molecule has 1 aromatic heterocycles. The fourth-order valence-corrected chi connectivity index (χ4v) is 4.01. The van der Waals surface area contributed by atoms with Crippen molar-refractivity contribution >= 4 is 44.7 Å². The number of hydrogen-bond donors (Lipinski definition) is 1. The van der Waals surface area contributed by atoms with E-state index in [1.54, 1.807) is 12.0 Å². The van der Waals surface area contributed by atoms with Gasteiger partial charge in [0.1, 0.15) is 0 Å². The molecule has 1 N–H and O–H groups in total. The standard InChI is InChI=1S/C20H17N3O3S/c1-3-18(24)23-11-14(13-6-4-5-7-16(13)23)19(25)21-12-8-9-17-15(10-12)22-20(26-2)27-17/h3-10,14H,1,11H2,2H3,(H,21,25). The van der Waals surface area contributed by atoms with Crippen LogP contribution in [0.5, 0.6) is 5.19 Å². The Bertz CT molecular complexity index is 1060. The molecule has 6 nitrogen and oxygen atoms in total. The van der Waals surface area contributed by atoms with Crippen LogP contribution in [0.3, 0.4) is 0 Å². The molecule has 1 aliphatic heterocycles. The number of thiazole rings is 1. The molecule has 7 heteroatoms. The van der Waals surface area contributed by atoms with Gasteiger partial charge in [-0.25, -0.2) is 4.98 Å². The number of aromatic nitrogens is 1. The Hall–Kier alpha value is -3.19. The van der Waals surface area contributed by atoms with Gasteiger partial charge in [0.25, 0.3) is 5.19 Å². The Kier molecular flexibility index (Phi) is 4.37. The molecule has 136 valence electrons. The van der Waals surface area contributed by atoms with Crippen LogP contribution in [0, 0.1) is 0 Å². The number of ether oxygens (including phenoxy) is 1. The summed E-state index contributed by atoms with van der Waals surface area (Å²) in [4.78, 5) is 31.0. The number of methoxy groups -OCH3 is 1. The van der Waals surface area contributed by atoms with E-state index in [1.807, 2.05) is 42.5 Å². The molecule has 3 aromatic rings. The van der Waals surface area contributed by atoms with Crippen LogP contribution in [0.2, 0.25) is 0 Å². The van der Waals surface area contributed by atoms with Crippen molar-refractivity contribution in [1.82, 2.24) is 4.98 Å². The fraction of sp³-hybridized carbons (Fsp3) is 0.150. The minimum absolute atomic E-state index is 0.164. The zero-order valence-corrected chi connectivity index (χ0v) is 15.5. The average Bonchev–Trinajstić information content (AvgIpc) is 3.28. The average molecular weight is 379 g/mol. The maximum Gasteiger partial charge on any atom is 0.274 e. The van der Waals surface area contributed by atoms with E-state index in [9.17, 15) is 9.59 Å². The Balaban J connectivity index is 1.60. The first kappa shape index (κ1) is 17.2. The van der Waals surface area contributed by atoms with Gasteiger partial charge in [0, 0.05) is 17.9 Å². The highest BCUT2D eigenvalue weighted by atomic mass is 32.1. The number of para-hydroxylation sites is 1. The van der Waals surface area contributed by atoms with Crippen molar-refractivity contribution < 1.29 is 14.3 Å². The SMILES string of the molecule is C=CC(=O)N1CC(C(=O)Nc2ccc3sc(OC)nc3c2)c2ccccc21. The summed E-state index contributed by atoms with van der Waals surface area (Å²) in [7, 11) is 1.58. The Morgan fingerprint density at radius 2 is 2.15 bits per heavy atom. The summed E-state index contributed by atoms with van der Waals surface area (Å²) >= 11 is 1.45. The molecule has 2 amide bonds. The summed E-state index contributed by atoms with van der Waals surface area (Å²) in [5.74, 6) is -0.817. The van der Waals surface area contributed by atoms with E-state index in [4.69, 9.17) is 4.74 Å². The first-order valence-electron chi connectivity index (χ1n) is 8.39. The third-order valence-corrected chi connectivity index (χ3v) is 5.53. The number of carbonyl (C=O) groups is 2. The summed E-state index contributed by atoms with van der Waals surface area (Å²) in [6.07, 6.45) is 1.26. The predicted octanol–water partition coefficient (Wildman–Crippen LogP) is 3.56. The highest BCUT2D eigenvalue weighted by Crippen LogP contribution is 2.37. The van der Waals surface area contributed by atoms with Crippen LogP contribution < -0.4 is 15.0 Å². The molecule has 2 aromatic carbocycles. The van der Waals surface area contributed by atoms with E-state index in [0.29, 0.717) is 17.4 Å². The summed E-state index contributed by atoms with van der Waals surface area (Å²) in [6, 6.07) is 13.0. The van der Waals surface area contributed by atoms with Gasteiger partial charge in [0.05, 0.1) is 23.2 Å². The van der Waals surface area contributed by atoms with Crippen molar-refractivity contribution in [3.05, 3.63) is 60.7 Å². The van der Waals surface area contributed by atoms with Crippen molar-refractivity contribution in [2.75, 3.05) is 23.9 Å². The lowest BCUT2D eigenvalue weighted by atomic mass is 10.0. The number of anilines is 2. The molecular weight excluding hydrogens is 362 g/mol. The minimum Gasteiger partial charge on any atom is -0.473 e. The lowest BCUT2D eigenvalue weighted by molar-refractivity contribution is -0.117. The van der Waals surface area contributed by atoms with Gasteiger partial charge in [-0.3, -0.25) is 9.59 Å². The first-order chi connectivity index (χ1) is 13.1. The van der Waals surface area contributed by atoms with E-state index < -0.39 is 5.92 Å². The molecule has 27 heavy (non-hydrogen) atoms. The summed E-state index contributed by atoms with van der Waals surface area (Å²) in [5, 5.41) is 3.52. The van der Waals surface area contributed by atoms with E-state index in [2.05, 4.69) is 16.9 Å². The molecule has 0 saturated carbocycles. The van der Waals surface area contributed by atoms with Gasteiger partial charge in [-0.05, 0) is 35.9 Å². The van der Waals surface area contributed by atoms with E-state index in [1.165, 1.54) is 17.4 Å². The largest absolute Gasteiger partial charge is 0.473 e. The van der Waals surface area contributed by atoms with Crippen LogP contribution in [-0.2, 0) is 9.59 Å². The monoisotopic (exact) mass is 379 g/mol. The Labute approximate surface area is 160 Å². The maximum absolute atomic E-state index is 12.9. The Morgan fingerprint density at radius 1 is 1.33 bits per heavy atom. The van der Waals surface area contributed by atoms with E-state index >= 15 is 0 Å². The topological polar surface area (TPSA) is 71.5 Å². The third-order valence-electron chi connectivity index (χ3n) is 4.54. The van der Waals surface area contributed by atoms with Crippen molar-refractivity contribution in [3.63, 3.8) is 0 Å². The van der Waals surface area contributed by atoms with Gasteiger partial charge >= 0.3 is 0 Å². The molecule has 0 spiro atoms. The summed E-state index contributed by atoms with van der Waals surface area (Å²) in [6.45, 7) is 3.84. The number of carbonyl (C=O) groups excluding carboxylic acids is 2. The molecule has 0 fully saturated rings. The number of rotatable bonds is 4. The molecular formula is C20H17N3O3S. The molecule has 1 atom stereocenters. The van der Waals surface area contributed by atoms with Crippen molar-refractivity contribution in [2.45, 2.75) is 5.92 Å². The zero-order valence-electron chi connectivity index (χ0n) is 14.6. The van der Waals surface area contributed by atoms with E-state index in [-0.39, 0.29) is 11.8 Å². The van der Waals surface area contributed by atoms with Crippen LogP contribution >= 0.6 is 11.3 Å². The van der Waals surface area contributed by atoms with Crippen LogP contribution in [0.15, 0.2) is 55.1 Å². The van der Waals surface area contributed by atoms with Crippen LogP contribution in [0.25, 0.3) is 10.2 Å². The number of fused-ring (bicyclic) bond motifs is 2. The lowest BCUT2D eigenvalue weighted by Crippen LogP contribution is -2.31. The number of nitrogens with one attached hydrogen (secondary N) is 1. The predicted molar refractivity (Wildman–Crippen MR) is 107 cm³/mol. The second-order valence-corrected chi connectivity index (χ2v) is 7.11. The fourth-order valence-electron chi connectivity index (χ4n) is 3.25. The molecule has 0 radical (unpaired) electrons. The smallest absolute Gasteiger partial charge is 0.274 e. The highest BCUT2D eigenvalue weighted by Gasteiger charge is 2.35. The van der Waals surface area contributed by atoms with Crippen molar-refractivity contribution in [2.24, 2.45) is 0 Å². The molecule has 0 aliphatic carbocycles. The molecule has 0 saturated heterocycles. The van der Waals surface area contributed by atoms with Gasteiger partial charge in [0.2, 0.25) is 11.8 Å². The second-order valence-electron chi connectivity index (χ2n) is 6.12. The van der Waals surface area contributed by atoms with E-state index in [0.717, 1.165) is 21.5 Å². The number of benzene rings is 2. The van der Waals surface area contributed by atoms with Gasteiger partial charge < -0.3 is 15.0 Å². The molecule has 0 bridgehead atoms. The van der Waals surface area contributed by atoms with Gasteiger partial charge in [-0.1, -0.05) is 36.1 Å². The number of amides is 2. The van der Waals surface area contributed by atoms with Crippen LogP contribution in [0.4, 0.5) is 11.4 Å². The summed E-state index contributed by atoms with van der Waals surface area (Å²) < 4.78 is 6.14. The lowest BCUT2D eigenvalue weighted by Gasteiger charge is -2.15. The normalized spacial score (nSPS) is 15.4. The number of nitrogens with zero attached hydrogens (tertiary/aromatic N) is 2. The zero-order chi connectivity index (χ0) is 19.0. The maximum atomic E-state index is 12.9. The van der Waals surface area contributed by atoms with Crippen molar-refractivity contribution in [1.29, 1.82) is 0 Å². The van der Waals surface area contributed by atoms with Gasteiger partial charge in [-0.15, -0.1) is 0 Å². The summed E-state index contributed by atoms with van der Waals surface area (Å²) in [5.41, 5.74) is 3.01. The van der Waals surface area contributed by atoms with Gasteiger partial charge in [-0.2, -0.15) is 0 Å². The first-order valence-corrected chi connectivity index (χ1v) is 9.20. The second kappa shape index (κ2) is 6.85. The quantitative estimate of drug-likeness (QED) is 0.704.